The van der Waals surface area contributed by atoms with E-state index in [2.05, 4.69) is 23.2 Å². The lowest BCUT2D eigenvalue weighted by atomic mass is 10.1. The van der Waals surface area contributed by atoms with Crippen molar-refractivity contribution in [3.8, 4) is 0 Å². The molecule has 0 amide bonds. The number of fused-ring (bicyclic) bond motifs is 3. The maximum Gasteiger partial charge on any atom is 0.306 e. The number of benzene rings is 2. The molecule has 0 atom stereocenters. The number of ether oxygens (including phenoxy) is 1. The summed E-state index contributed by atoms with van der Waals surface area (Å²) in [5, 5.41) is 3.00. The van der Waals surface area contributed by atoms with Gasteiger partial charge < -0.3 is 9.72 Å². The zero-order valence-corrected chi connectivity index (χ0v) is 12.5. The van der Waals surface area contributed by atoms with Crippen LogP contribution in [0.2, 0.25) is 5.02 Å². The molecule has 2 aromatic carbocycles. The van der Waals surface area contributed by atoms with Crippen molar-refractivity contribution in [3.05, 3.63) is 47.0 Å². The third-order valence-electron chi connectivity index (χ3n) is 3.55. The van der Waals surface area contributed by atoms with Crippen molar-refractivity contribution >= 4 is 39.4 Å². The van der Waals surface area contributed by atoms with E-state index in [1.54, 1.807) is 0 Å². The molecule has 0 saturated heterocycles. The van der Waals surface area contributed by atoms with E-state index in [4.69, 9.17) is 16.3 Å². The number of carbonyl (C=O) groups excluding carboxylic acids is 1. The van der Waals surface area contributed by atoms with E-state index in [1.165, 1.54) is 0 Å². The molecular weight excluding hydrogens is 286 g/mol. The van der Waals surface area contributed by atoms with Gasteiger partial charge in [0, 0.05) is 33.2 Å². The van der Waals surface area contributed by atoms with Crippen LogP contribution in [-0.2, 0) is 16.0 Å². The SMILES string of the molecule is CCOC(=O)CCc1ccc2c(c1)[nH]c1ccc(Cl)cc12. The Morgan fingerprint density at radius 2 is 2.00 bits per heavy atom. The van der Waals surface area contributed by atoms with Gasteiger partial charge in [-0.2, -0.15) is 0 Å². The van der Waals surface area contributed by atoms with Crippen molar-refractivity contribution in [2.45, 2.75) is 19.8 Å². The maximum atomic E-state index is 11.4. The molecule has 1 aromatic heterocycles. The number of halogens is 1. The van der Waals surface area contributed by atoms with Crippen LogP contribution < -0.4 is 0 Å². The number of hydrogen-bond acceptors (Lipinski definition) is 2. The van der Waals surface area contributed by atoms with Crippen molar-refractivity contribution in [2.24, 2.45) is 0 Å². The van der Waals surface area contributed by atoms with Crippen LogP contribution in [-0.4, -0.2) is 17.6 Å². The lowest BCUT2D eigenvalue weighted by Crippen LogP contribution is -2.05. The molecule has 4 heteroatoms. The van der Waals surface area contributed by atoms with Crippen LogP contribution in [0.4, 0.5) is 0 Å². The van der Waals surface area contributed by atoms with E-state index >= 15 is 0 Å². The summed E-state index contributed by atoms with van der Waals surface area (Å²) in [5.74, 6) is -0.152. The number of aromatic nitrogens is 1. The van der Waals surface area contributed by atoms with Crippen LogP contribution in [0.15, 0.2) is 36.4 Å². The number of aryl methyl sites for hydroxylation is 1. The number of carbonyl (C=O) groups is 1. The average molecular weight is 302 g/mol. The van der Waals surface area contributed by atoms with E-state index in [-0.39, 0.29) is 5.97 Å². The highest BCUT2D eigenvalue weighted by molar-refractivity contribution is 6.31. The number of H-pyrrole nitrogens is 1. The van der Waals surface area contributed by atoms with E-state index in [0.29, 0.717) is 19.4 Å². The molecule has 0 bridgehead atoms. The minimum atomic E-state index is -0.152. The molecule has 1 N–H and O–H groups in total. The van der Waals surface area contributed by atoms with Crippen LogP contribution in [0.25, 0.3) is 21.8 Å². The van der Waals surface area contributed by atoms with E-state index in [9.17, 15) is 4.79 Å². The lowest BCUT2D eigenvalue weighted by molar-refractivity contribution is -0.143. The third kappa shape index (κ3) is 2.88. The summed E-state index contributed by atoms with van der Waals surface area (Å²) < 4.78 is 4.95. The van der Waals surface area contributed by atoms with Gasteiger partial charge in [-0.3, -0.25) is 4.79 Å². The van der Waals surface area contributed by atoms with Gasteiger partial charge in [0.2, 0.25) is 0 Å². The fourth-order valence-electron chi connectivity index (χ4n) is 2.56. The Morgan fingerprint density at radius 1 is 1.14 bits per heavy atom. The quantitative estimate of drug-likeness (QED) is 0.722. The molecule has 0 unspecified atom stereocenters. The van der Waals surface area contributed by atoms with Crippen LogP contribution in [0.5, 0.6) is 0 Å². The normalized spacial score (nSPS) is 11.1. The number of esters is 1. The Labute approximate surface area is 127 Å². The molecule has 0 aliphatic heterocycles. The molecule has 0 spiro atoms. The summed E-state index contributed by atoms with van der Waals surface area (Å²) in [6.07, 6.45) is 1.09. The first kappa shape index (κ1) is 14.0. The highest BCUT2D eigenvalue weighted by Gasteiger charge is 2.07. The molecule has 3 nitrogen and oxygen atoms in total. The number of aromatic amines is 1. The van der Waals surface area contributed by atoms with Crippen LogP contribution in [0.3, 0.4) is 0 Å². The summed E-state index contributed by atoms with van der Waals surface area (Å²) in [6, 6.07) is 12.0. The third-order valence-corrected chi connectivity index (χ3v) is 3.78. The summed E-state index contributed by atoms with van der Waals surface area (Å²) >= 11 is 6.06. The van der Waals surface area contributed by atoms with Crippen LogP contribution in [0.1, 0.15) is 18.9 Å². The minimum Gasteiger partial charge on any atom is -0.466 e. The van der Waals surface area contributed by atoms with Crippen molar-refractivity contribution < 1.29 is 9.53 Å². The molecule has 0 aliphatic carbocycles. The second kappa shape index (κ2) is 5.78. The number of hydrogen-bond donors (Lipinski definition) is 1. The molecular formula is C17H16ClNO2. The molecule has 21 heavy (non-hydrogen) atoms. The first-order chi connectivity index (χ1) is 10.2. The van der Waals surface area contributed by atoms with Crippen LogP contribution in [0, 0.1) is 0 Å². The van der Waals surface area contributed by atoms with Gasteiger partial charge in [-0.1, -0.05) is 23.7 Å². The second-order valence-electron chi connectivity index (χ2n) is 5.00. The zero-order chi connectivity index (χ0) is 14.8. The summed E-state index contributed by atoms with van der Waals surface area (Å²) in [5.41, 5.74) is 3.25. The summed E-state index contributed by atoms with van der Waals surface area (Å²) in [4.78, 5) is 14.8. The minimum absolute atomic E-state index is 0.152. The summed E-state index contributed by atoms with van der Waals surface area (Å²) in [7, 11) is 0. The molecule has 108 valence electrons. The first-order valence-corrected chi connectivity index (χ1v) is 7.40. The van der Waals surface area contributed by atoms with Gasteiger partial charge in [-0.05, 0) is 43.2 Å². The van der Waals surface area contributed by atoms with Gasteiger partial charge in [0.25, 0.3) is 0 Å². The van der Waals surface area contributed by atoms with Gasteiger partial charge in [0.1, 0.15) is 0 Å². The Bertz CT molecular complexity index is 807. The van der Waals surface area contributed by atoms with Gasteiger partial charge in [0.05, 0.1) is 6.61 Å². The Kier molecular flexibility index (Phi) is 3.84. The zero-order valence-electron chi connectivity index (χ0n) is 11.8. The smallest absolute Gasteiger partial charge is 0.306 e. The fraction of sp³-hybridized carbons (Fsp3) is 0.235. The molecule has 0 radical (unpaired) electrons. The van der Waals surface area contributed by atoms with Gasteiger partial charge in [0.15, 0.2) is 0 Å². The maximum absolute atomic E-state index is 11.4. The summed E-state index contributed by atoms with van der Waals surface area (Å²) in [6.45, 7) is 2.25. The van der Waals surface area contributed by atoms with Crippen LogP contribution >= 0.6 is 11.6 Å². The Morgan fingerprint density at radius 3 is 2.81 bits per heavy atom. The van der Waals surface area contributed by atoms with Crippen molar-refractivity contribution in [3.63, 3.8) is 0 Å². The molecule has 0 aliphatic rings. The average Bonchev–Trinajstić information content (AvgIpc) is 2.82. The monoisotopic (exact) mass is 301 g/mol. The molecule has 3 rings (SSSR count). The predicted molar refractivity (Wildman–Crippen MR) is 85.8 cm³/mol. The molecule has 0 fully saturated rings. The van der Waals surface area contributed by atoms with E-state index < -0.39 is 0 Å². The van der Waals surface area contributed by atoms with Gasteiger partial charge >= 0.3 is 5.97 Å². The van der Waals surface area contributed by atoms with Gasteiger partial charge in [-0.15, -0.1) is 0 Å². The highest BCUT2D eigenvalue weighted by Crippen LogP contribution is 2.28. The van der Waals surface area contributed by atoms with E-state index in [1.807, 2.05) is 25.1 Å². The lowest BCUT2D eigenvalue weighted by Gasteiger charge is -2.02. The van der Waals surface area contributed by atoms with E-state index in [0.717, 1.165) is 32.4 Å². The molecule has 3 aromatic rings. The topological polar surface area (TPSA) is 42.1 Å². The van der Waals surface area contributed by atoms with Crippen molar-refractivity contribution in [1.29, 1.82) is 0 Å². The second-order valence-corrected chi connectivity index (χ2v) is 5.44. The van der Waals surface area contributed by atoms with Crippen molar-refractivity contribution in [2.75, 3.05) is 6.61 Å². The van der Waals surface area contributed by atoms with Crippen molar-refractivity contribution in [1.82, 2.24) is 4.98 Å². The Balaban J connectivity index is 1.90. The fourth-order valence-corrected chi connectivity index (χ4v) is 2.73. The predicted octanol–water partition coefficient (Wildman–Crippen LogP) is 4.47. The standard InChI is InChI=1S/C17H16ClNO2/c1-2-21-17(20)8-4-11-3-6-13-14-10-12(18)5-7-15(14)19-16(13)9-11/h3,5-7,9-10,19H,2,4,8H2,1H3. The highest BCUT2D eigenvalue weighted by atomic mass is 35.5. The Hall–Kier alpha value is -2.00. The largest absolute Gasteiger partial charge is 0.466 e. The van der Waals surface area contributed by atoms with Gasteiger partial charge in [-0.25, -0.2) is 0 Å². The number of rotatable bonds is 4. The number of nitrogens with one attached hydrogen (secondary N) is 1. The first-order valence-electron chi connectivity index (χ1n) is 7.03. The molecule has 0 saturated carbocycles. The molecule has 1 heterocycles.